The van der Waals surface area contributed by atoms with Gasteiger partial charge in [-0.3, -0.25) is 9.59 Å². The topological polar surface area (TPSA) is 52.7 Å². The van der Waals surface area contributed by atoms with Crippen molar-refractivity contribution in [2.24, 2.45) is 5.41 Å². The molecule has 1 fully saturated rings. The summed E-state index contributed by atoms with van der Waals surface area (Å²) in [5, 5.41) is 2.90. The molecule has 1 saturated heterocycles. The van der Waals surface area contributed by atoms with Crippen LogP contribution >= 0.6 is 0 Å². The Morgan fingerprint density at radius 1 is 1.03 bits per heavy atom. The van der Waals surface area contributed by atoms with E-state index in [0.717, 1.165) is 43.7 Å². The second-order valence-corrected chi connectivity index (χ2v) is 8.68. The van der Waals surface area contributed by atoms with Crippen molar-refractivity contribution in [1.82, 2.24) is 10.2 Å². The van der Waals surface area contributed by atoms with Crippen LogP contribution in [-0.2, 0) is 17.8 Å². The number of hydrogen-bond acceptors (Lipinski definition) is 3. The number of likely N-dealkylation sites (tertiary alicyclic amines) is 1. The first-order chi connectivity index (χ1) is 13.9. The summed E-state index contributed by atoms with van der Waals surface area (Å²) in [4.78, 5) is 28.4. The minimum Gasteiger partial charge on any atom is -0.367 e. The van der Waals surface area contributed by atoms with Gasteiger partial charge in [0.25, 0.3) is 5.91 Å². The van der Waals surface area contributed by atoms with Crippen molar-refractivity contribution < 1.29 is 9.59 Å². The second kappa shape index (κ2) is 7.90. The molecule has 1 unspecified atom stereocenters. The number of hydrogen-bond donors (Lipinski definition) is 1. The predicted octanol–water partition coefficient (Wildman–Crippen LogP) is 3.24. The van der Waals surface area contributed by atoms with E-state index in [1.54, 1.807) is 0 Å². The van der Waals surface area contributed by atoms with E-state index in [4.69, 9.17) is 0 Å². The predicted molar refractivity (Wildman–Crippen MR) is 115 cm³/mol. The van der Waals surface area contributed by atoms with Crippen LogP contribution in [0, 0.1) is 5.41 Å². The lowest BCUT2D eigenvalue weighted by Gasteiger charge is -2.31. The van der Waals surface area contributed by atoms with Crippen LogP contribution in [0.1, 0.15) is 41.8 Å². The van der Waals surface area contributed by atoms with Crippen LogP contribution < -0.4 is 10.2 Å². The van der Waals surface area contributed by atoms with Gasteiger partial charge in [0.05, 0.1) is 0 Å². The Morgan fingerprint density at radius 3 is 2.48 bits per heavy atom. The highest BCUT2D eigenvalue weighted by Crippen LogP contribution is 2.31. The molecule has 152 valence electrons. The van der Waals surface area contributed by atoms with Crippen LogP contribution in [0.3, 0.4) is 0 Å². The molecule has 5 heteroatoms. The Labute approximate surface area is 172 Å². The maximum Gasteiger partial charge on any atom is 0.253 e. The van der Waals surface area contributed by atoms with E-state index in [2.05, 4.69) is 53.5 Å². The van der Waals surface area contributed by atoms with E-state index >= 15 is 0 Å². The molecular formula is C24H29N3O2. The Balaban J connectivity index is 1.39. The summed E-state index contributed by atoms with van der Waals surface area (Å²) in [6, 6.07) is 16.6. The molecule has 0 spiro atoms. The Bertz CT molecular complexity index is 909. The van der Waals surface area contributed by atoms with Crippen molar-refractivity contribution in [3.63, 3.8) is 0 Å². The van der Waals surface area contributed by atoms with Gasteiger partial charge in [-0.15, -0.1) is 0 Å². The van der Waals surface area contributed by atoms with Gasteiger partial charge in [-0.2, -0.15) is 0 Å². The summed E-state index contributed by atoms with van der Waals surface area (Å²) >= 11 is 0. The van der Waals surface area contributed by atoms with Gasteiger partial charge in [-0.1, -0.05) is 31.2 Å². The zero-order valence-electron chi connectivity index (χ0n) is 17.3. The molecule has 0 aromatic heterocycles. The highest BCUT2D eigenvalue weighted by molar-refractivity contribution is 5.94. The molecule has 2 aliphatic rings. The molecule has 2 aromatic rings. The van der Waals surface area contributed by atoms with Crippen molar-refractivity contribution in [1.29, 1.82) is 0 Å². The molecule has 4 rings (SSSR count). The van der Waals surface area contributed by atoms with Gasteiger partial charge in [0.1, 0.15) is 0 Å². The van der Waals surface area contributed by atoms with Crippen LogP contribution in [0.5, 0.6) is 0 Å². The van der Waals surface area contributed by atoms with Gasteiger partial charge in [-0.05, 0) is 48.2 Å². The van der Waals surface area contributed by atoms with Gasteiger partial charge >= 0.3 is 0 Å². The van der Waals surface area contributed by atoms with Crippen molar-refractivity contribution >= 4 is 17.5 Å². The molecule has 29 heavy (non-hydrogen) atoms. The SMILES string of the molecule is CC(=O)NCC1(C)CCN(C(=O)c2ccc(N3CCc4ccccc4C3)cc2)C1. The molecule has 0 aliphatic carbocycles. The summed E-state index contributed by atoms with van der Waals surface area (Å²) in [5.41, 5.74) is 4.66. The number of carbonyl (C=O) groups excluding carboxylic acids is 2. The summed E-state index contributed by atoms with van der Waals surface area (Å²) in [5.74, 6) is 0.0546. The smallest absolute Gasteiger partial charge is 0.253 e. The van der Waals surface area contributed by atoms with Gasteiger partial charge in [0.15, 0.2) is 0 Å². The lowest BCUT2D eigenvalue weighted by molar-refractivity contribution is -0.119. The van der Waals surface area contributed by atoms with Gasteiger partial charge in [0.2, 0.25) is 5.91 Å². The molecule has 0 radical (unpaired) electrons. The third kappa shape index (κ3) is 4.29. The Morgan fingerprint density at radius 2 is 1.76 bits per heavy atom. The summed E-state index contributed by atoms with van der Waals surface area (Å²) < 4.78 is 0. The largest absolute Gasteiger partial charge is 0.367 e. The summed E-state index contributed by atoms with van der Waals surface area (Å²) in [6.45, 7) is 7.60. The van der Waals surface area contributed by atoms with Crippen LogP contribution in [-0.4, -0.2) is 42.9 Å². The zero-order valence-corrected chi connectivity index (χ0v) is 17.3. The van der Waals surface area contributed by atoms with E-state index in [9.17, 15) is 9.59 Å². The number of nitrogens with zero attached hydrogens (tertiary/aromatic N) is 2. The Kier molecular flexibility index (Phi) is 5.31. The quantitative estimate of drug-likeness (QED) is 0.871. The van der Waals surface area contributed by atoms with Crippen molar-refractivity contribution in [3.05, 3.63) is 65.2 Å². The number of carbonyl (C=O) groups is 2. The normalized spacial score (nSPS) is 21.0. The molecule has 2 aliphatic heterocycles. The fraction of sp³-hybridized carbons (Fsp3) is 0.417. The van der Waals surface area contributed by atoms with Gasteiger partial charge in [-0.25, -0.2) is 0 Å². The molecule has 0 saturated carbocycles. The minimum atomic E-state index is -0.0531. The fourth-order valence-electron chi connectivity index (χ4n) is 4.39. The van der Waals surface area contributed by atoms with E-state index in [-0.39, 0.29) is 17.2 Å². The third-order valence-corrected chi connectivity index (χ3v) is 6.22. The fourth-order valence-corrected chi connectivity index (χ4v) is 4.39. The van der Waals surface area contributed by atoms with Crippen LogP contribution in [0.2, 0.25) is 0 Å². The average molecular weight is 392 g/mol. The first-order valence-electron chi connectivity index (χ1n) is 10.4. The summed E-state index contributed by atoms with van der Waals surface area (Å²) in [6.07, 6.45) is 1.96. The lowest BCUT2D eigenvalue weighted by Crippen LogP contribution is -2.38. The number of rotatable bonds is 4. The molecule has 5 nitrogen and oxygen atoms in total. The molecular weight excluding hydrogens is 362 g/mol. The average Bonchev–Trinajstić information content (AvgIpc) is 3.14. The van der Waals surface area contributed by atoms with Crippen LogP contribution in [0.25, 0.3) is 0 Å². The van der Waals surface area contributed by atoms with Crippen molar-refractivity contribution in [2.45, 2.75) is 33.2 Å². The highest BCUT2D eigenvalue weighted by Gasteiger charge is 2.36. The van der Waals surface area contributed by atoms with Gasteiger partial charge in [0, 0.05) is 56.3 Å². The van der Waals surface area contributed by atoms with Crippen molar-refractivity contribution in [3.8, 4) is 0 Å². The van der Waals surface area contributed by atoms with E-state index in [1.165, 1.54) is 18.1 Å². The number of nitrogens with one attached hydrogen (secondary N) is 1. The van der Waals surface area contributed by atoms with Crippen molar-refractivity contribution in [2.75, 3.05) is 31.1 Å². The monoisotopic (exact) mass is 391 g/mol. The molecule has 1 N–H and O–H groups in total. The van der Waals surface area contributed by atoms with E-state index < -0.39 is 0 Å². The number of fused-ring (bicyclic) bond motifs is 1. The maximum atomic E-state index is 12.9. The molecule has 2 aromatic carbocycles. The number of amides is 2. The third-order valence-electron chi connectivity index (χ3n) is 6.22. The minimum absolute atomic E-state index is 0.0214. The molecule has 0 bridgehead atoms. The van der Waals surface area contributed by atoms with E-state index in [1.807, 2.05) is 17.0 Å². The summed E-state index contributed by atoms with van der Waals surface area (Å²) in [7, 11) is 0. The molecule has 1 atom stereocenters. The van der Waals surface area contributed by atoms with E-state index in [0.29, 0.717) is 13.1 Å². The maximum absolute atomic E-state index is 12.9. The first-order valence-corrected chi connectivity index (χ1v) is 10.4. The van der Waals surface area contributed by atoms with Crippen LogP contribution in [0.4, 0.5) is 5.69 Å². The standard InChI is InChI=1S/C24H29N3O2/c1-18(28)25-16-24(2)12-14-27(17-24)23(29)20-7-9-22(10-8-20)26-13-11-19-5-3-4-6-21(19)15-26/h3-10H,11-17H2,1-2H3,(H,25,28). The molecule has 2 amide bonds. The second-order valence-electron chi connectivity index (χ2n) is 8.68. The zero-order chi connectivity index (χ0) is 20.4. The van der Waals surface area contributed by atoms with Gasteiger partial charge < -0.3 is 15.1 Å². The number of anilines is 1. The first kappa shape index (κ1) is 19.5. The Hall–Kier alpha value is -2.82. The highest BCUT2D eigenvalue weighted by atomic mass is 16.2. The number of benzene rings is 2. The van der Waals surface area contributed by atoms with Crippen LogP contribution in [0.15, 0.2) is 48.5 Å². The lowest BCUT2D eigenvalue weighted by atomic mass is 9.90. The molecule has 2 heterocycles.